The minimum Gasteiger partial charge on any atom is -0.370 e. The molecule has 0 radical (unpaired) electrons. The summed E-state index contributed by atoms with van der Waals surface area (Å²) in [5.74, 6) is 0. The highest BCUT2D eigenvalue weighted by Gasteiger charge is 2.17. The summed E-state index contributed by atoms with van der Waals surface area (Å²) in [6, 6.07) is 8.36. The molecule has 0 saturated carbocycles. The van der Waals surface area contributed by atoms with Crippen molar-refractivity contribution in [2.75, 3.05) is 5.32 Å². The zero-order chi connectivity index (χ0) is 13.9. The van der Waals surface area contributed by atoms with Gasteiger partial charge in [0, 0.05) is 22.5 Å². The van der Waals surface area contributed by atoms with Crippen molar-refractivity contribution in [3.63, 3.8) is 0 Å². The van der Waals surface area contributed by atoms with Crippen LogP contribution in [-0.2, 0) is 6.54 Å². The van der Waals surface area contributed by atoms with Gasteiger partial charge in [-0.15, -0.1) is 22.7 Å². The van der Waals surface area contributed by atoms with E-state index in [0.717, 1.165) is 16.6 Å². The first-order valence-corrected chi connectivity index (χ1v) is 8.41. The fraction of sp³-hybridized carbons (Fsp3) is 0.214. The maximum atomic E-state index is 6.07. The van der Waals surface area contributed by atoms with Crippen molar-refractivity contribution in [1.29, 1.82) is 0 Å². The largest absolute Gasteiger partial charge is 0.370 e. The zero-order valence-corrected chi connectivity index (χ0v) is 13.3. The van der Waals surface area contributed by atoms with Crippen molar-refractivity contribution in [1.82, 2.24) is 9.78 Å². The van der Waals surface area contributed by atoms with E-state index in [2.05, 4.69) is 40.9 Å². The van der Waals surface area contributed by atoms with Crippen LogP contribution in [0.4, 0.5) is 5.69 Å². The van der Waals surface area contributed by atoms with E-state index in [9.17, 15) is 0 Å². The number of aryl methyl sites for hydroxylation is 1. The molecular weight excluding hydrogens is 310 g/mol. The smallest absolute Gasteiger partial charge is 0.0954 e. The molecule has 104 valence electrons. The molecule has 0 aliphatic carbocycles. The van der Waals surface area contributed by atoms with Crippen LogP contribution in [0.25, 0.3) is 0 Å². The average molecular weight is 324 g/mol. The number of hydrogen-bond donors (Lipinski definition) is 1. The van der Waals surface area contributed by atoms with E-state index < -0.39 is 0 Å². The SMILES string of the molecule is CCn1cc(NC(c2cccs2)c2ccc(Cl)s2)cn1. The van der Waals surface area contributed by atoms with Gasteiger partial charge in [0.25, 0.3) is 0 Å². The Labute approximate surface area is 130 Å². The lowest BCUT2D eigenvalue weighted by atomic mass is 10.2. The average Bonchev–Trinajstić information content (AvgIpc) is 3.17. The summed E-state index contributed by atoms with van der Waals surface area (Å²) in [7, 11) is 0. The van der Waals surface area contributed by atoms with Crippen molar-refractivity contribution in [3.05, 3.63) is 56.1 Å². The van der Waals surface area contributed by atoms with Crippen LogP contribution in [0.3, 0.4) is 0 Å². The highest BCUT2D eigenvalue weighted by atomic mass is 35.5. The standard InChI is InChI=1S/C14H14ClN3S2/c1-2-18-9-10(8-16-18)17-14(11-4-3-7-19-11)12-5-6-13(15)20-12/h3-9,14,17H,2H2,1H3. The zero-order valence-electron chi connectivity index (χ0n) is 10.9. The molecule has 0 aliphatic heterocycles. The van der Waals surface area contributed by atoms with Crippen molar-refractivity contribution in [3.8, 4) is 0 Å². The maximum Gasteiger partial charge on any atom is 0.0954 e. The summed E-state index contributed by atoms with van der Waals surface area (Å²) >= 11 is 9.42. The predicted octanol–water partition coefficient (Wildman–Crippen LogP) is 4.88. The molecule has 0 aliphatic rings. The number of nitrogens with zero attached hydrogens (tertiary/aromatic N) is 2. The van der Waals surface area contributed by atoms with Crippen LogP contribution >= 0.6 is 34.3 Å². The molecule has 1 N–H and O–H groups in total. The Hall–Kier alpha value is -1.30. The topological polar surface area (TPSA) is 29.9 Å². The number of thiophene rings is 2. The van der Waals surface area contributed by atoms with Crippen molar-refractivity contribution < 1.29 is 0 Å². The van der Waals surface area contributed by atoms with E-state index in [-0.39, 0.29) is 6.04 Å². The fourth-order valence-corrected chi connectivity index (χ4v) is 4.00. The van der Waals surface area contributed by atoms with Crippen LogP contribution in [0.1, 0.15) is 22.7 Å². The minimum atomic E-state index is 0.127. The molecule has 3 rings (SSSR count). The molecule has 3 nitrogen and oxygen atoms in total. The van der Waals surface area contributed by atoms with E-state index in [1.165, 1.54) is 9.75 Å². The molecule has 0 amide bonds. The number of halogens is 1. The van der Waals surface area contributed by atoms with E-state index >= 15 is 0 Å². The van der Waals surface area contributed by atoms with E-state index in [0.29, 0.717) is 0 Å². The van der Waals surface area contributed by atoms with Crippen molar-refractivity contribution in [2.45, 2.75) is 19.5 Å². The third kappa shape index (κ3) is 2.90. The second-order valence-corrected chi connectivity index (χ2v) is 7.05. The number of anilines is 1. The van der Waals surface area contributed by atoms with Crippen molar-refractivity contribution in [2.24, 2.45) is 0 Å². The first-order valence-electron chi connectivity index (χ1n) is 6.34. The monoisotopic (exact) mass is 323 g/mol. The molecule has 0 spiro atoms. The van der Waals surface area contributed by atoms with Gasteiger partial charge >= 0.3 is 0 Å². The van der Waals surface area contributed by atoms with Gasteiger partial charge in [0.2, 0.25) is 0 Å². The second kappa shape index (κ2) is 5.99. The molecule has 20 heavy (non-hydrogen) atoms. The molecule has 1 atom stereocenters. The van der Waals surface area contributed by atoms with Gasteiger partial charge < -0.3 is 5.32 Å². The summed E-state index contributed by atoms with van der Waals surface area (Å²) in [6.07, 6.45) is 3.88. The lowest BCUT2D eigenvalue weighted by molar-refractivity contribution is 0.660. The first kappa shape index (κ1) is 13.7. The molecule has 6 heteroatoms. The Bertz CT molecular complexity index is 672. The molecular formula is C14H14ClN3S2. The third-order valence-electron chi connectivity index (χ3n) is 2.97. The lowest BCUT2D eigenvalue weighted by Gasteiger charge is -2.16. The third-order valence-corrected chi connectivity index (χ3v) is 5.21. The van der Waals surface area contributed by atoms with Crippen molar-refractivity contribution >= 4 is 40.0 Å². The molecule has 0 bridgehead atoms. The number of nitrogens with one attached hydrogen (secondary N) is 1. The Kier molecular flexibility index (Phi) is 4.10. The molecule has 0 saturated heterocycles. The van der Waals surface area contributed by atoms with Gasteiger partial charge in [0.15, 0.2) is 0 Å². The van der Waals surface area contributed by atoms with Gasteiger partial charge in [-0.2, -0.15) is 5.10 Å². The van der Waals surface area contributed by atoms with Crippen LogP contribution in [0.5, 0.6) is 0 Å². The van der Waals surface area contributed by atoms with Gasteiger partial charge in [-0.3, -0.25) is 4.68 Å². The summed E-state index contributed by atoms with van der Waals surface area (Å²) in [4.78, 5) is 2.48. The Balaban J connectivity index is 1.90. The van der Waals surface area contributed by atoms with Crippen LogP contribution in [-0.4, -0.2) is 9.78 Å². The van der Waals surface area contributed by atoms with E-state index in [4.69, 9.17) is 11.6 Å². The van der Waals surface area contributed by atoms with Crippen LogP contribution < -0.4 is 5.32 Å². The van der Waals surface area contributed by atoms with E-state index in [1.54, 1.807) is 22.7 Å². The second-order valence-electron chi connectivity index (χ2n) is 4.32. The predicted molar refractivity (Wildman–Crippen MR) is 87.0 cm³/mol. The number of rotatable bonds is 5. The minimum absolute atomic E-state index is 0.127. The molecule has 3 heterocycles. The quantitative estimate of drug-likeness (QED) is 0.725. The van der Waals surface area contributed by atoms with Gasteiger partial charge in [0.05, 0.1) is 22.3 Å². The van der Waals surface area contributed by atoms with Gasteiger partial charge in [-0.1, -0.05) is 17.7 Å². The Morgan fingerprint density at radius 2 is 2.25 bits per heavy atom. The van der Waals surface area contributed by atoms with E-state index in [1.807, 2.05) is 23.1 Å². The maximum absolute atomic E-state index is 6.07. The molecule has 3 aromatic heterocycles. The molecule has 0 aromatic carbocycles. The highest BCUT2D eigenvalue weighted by Crippen LogP contribution is 2.35. The Morgan fingerprint density at radius 1 is 1.35 bits per heavy atom. The number of hydrogen-bond acceptors (Lipinski definition) is 4. The molecule has 3 aromatic rings. The van der Waals surface area contributed by atoms with Crippen LogP contribution in [0, 0.1) is 0 Å². The highest BCUT2D eigenvalue weighted by molar-refractivity contribution is 7.16. The first-order chi connectivity index (χ1) is 9.76. The van der Waals surface area contributed by atoms with Gasteiger partial charge in [-0.05, 0) is 30.5 Å². The Morgan fingerprint density at radius 3 is 2.85 bits per heavy atom. The normalized spacial score (nSPS) is 12.5. The number of aromatic nitrogens is 2. The van der Waals surface area contributed by atoms with Crippen LogP contribution in [0.2, 0.25) is 4.34 Å². The summed E-state index contributed by atoms with van der Waals surface area (Å²) in [5, 5.41) is 9.94. The lowest BCUT2D eigenvalue weighted by Crippen LogP contribution is -2.09. The summed E-state index contributed by atoms with van der Waals surface area (Å²) < 4.78 is 2.72. The van der Waals surface area contributed by atoms with Crippen LogP contribution in [0.15, 0.2) is 42.0 Å². The summed E-state index contributed by atoms with van der Waals surface area (Å²) in [5.41, 5.74) is 1.02. The van der Waals surface area contributed by atoms with Gasteiger partial charge in [0.1, 0.15) is 0 Å². The molecule has 1 unspecified atom stereocenters. The molecule has 0 fully saturated rings. The fourth-order valence-electron chi connectivity index (χ4n) is 2.00. The summed E-state index contributed by atoms with van der Waals surface area (Å²) in [6.45, 7) is 2.95. The van der Waals surface area contributed by atoms with Gasteiger partial charge in [-0.25, -0.2) is 0 Å².